The van der Waals surface area contributed by atoms with Gasteiger partial charge in [-0.25, -0.2) is 0 Å². The molecule has 1 amide bonds. The molecule has 1 rings (SSSR count). The number of carbonyl (C=O) groups is 1. The Morgan fingerprint density at radius 1 is 1.83 bits per heavy atom. The summed E-state index contributed by atoms with van der Waals surface area (Å²) in [5.41, 5.74) is 5.13. The number of rotatable bonds is 4. The van der Waals surface area contributed by atoms with Gasteiger partial charge in [-0.2, -0.15) is 0 Å². The molecule has 0 aliphatic carbocycles. The summed E-state index contributed by atoms with van der Waals surface area (Å²) in [4.78, 5) is 10.7. The summed E-state index contributed by atoms with van der Waals surface area (Å²) < 4.78 is 1.24. The minimum absolute atomic E-state index is 0.0444. The lowest BCUT2D eigenvalue weighted by atomic mass is 10.2. The second-order valence-corrected chi connectivity index (χ2v) is 4.81. The number of thioether (sulfide) groups is 1. The maximum Gasteiger partial charge on any atom is 0.221 e. The monoisotopic (exact) mass is 201 g/mol. The molecule has 0 fully saturated rings. The third kappa shape index (κ3) is 2.87. The highest BCUT2D eigenvalue weighted by Crippen LogP contribution is 2.24. The lowest BCUT2D eigenvalue weighted by Gasteiger charge is -2.03. The van der Waals surface area contributed by atoms with E-state index >= 15 is 0 Å². The van der Waals surface area contributed by atoms with Crippen molar-refractivity contribution in [3.8, 4) is 0 Å². The third-order valence-corrected chi connectivity index (χ3v) is 3.85. The molecule has 2 N–H and O–H groups in total. The fraction of sp³-hybridized carbons (Fsp3) is 0.375. The molecule has 0 saturated carbocycles. The van der Waals surface area contributed by atoms with Gasteiger partial charge in [-0.15, -0.1) is 23.1 Å². The number of carbonyl (C=O) groups excluding carboxylic acids is 1. The largest absolute Gasteiger partial charge is 0.369 e. The van der Waals surface area contributed by atoms with Crippen molar-refractivity contribution in [1.29, 1.82) is 0 Å². The van der Waals surface area contributed by atoms with Crippen LogP contribution < -0.4 is 5.73 Å². The Morgan fingerprint density at radius 2 is 2.58 bits per heavy atom. The van der Waals surface area contributed by atoms with Crippen molar-refractivity contribution in [2.24, 2.45) is 11.7 Å². The normalized spacial score (nSPS) is 12.8. The number of primary amides is 1. The molecular weight excluding hydrogens is 190 g/mol. The molecule has 0 radical (unpaired) electrons. The lowest BCUT2D eigenvalue weighted by Crippen LogP contribution is -2.22. The van der Waals surface area contributed by atoms with E-state index in [1.165, 1.54) is 4.21 Å². The topological polar surface area (TPSA) is 43.1 Å². The summed E-state index contributed by atoms with van der Waals surface area (Å²) in [7, 11) is 0. The van der Waals surface area contributed by atoms with Crippen LogP contribution >= 0.6 is 23.1 Å². The number of thiophene rings is 1. The van der Waals surface area contributed by atoms with Gasteiger partial charge in [0.15, 0.2) is 0 Å². The van der Waals surface area contributed by atoms with Gasteiger partial charge in [0.05, 0.1) is 4.21 Å². The first kappa shape index (κ1) is 9.61. The molecule has 0 bridgehead atoms. The molecule has 0 aliphatic heterocycles. The van der Waals surface area contributed by atoms with E-state index in [9.17, 15) is 4.79 Å². The van der Waals surface area contributed by atoms with E-state index in [0.29, 0.717) is 0 Å². The van der Waals surface area contributed by atoms with Crippen LogP contribution in [0.3, 0.4) is 0 Å². The van der Waals surface area contributed by atoms with Crippen LogP contribution in [0.5, 0.6) is 0 Å². The van der Waals surface area contributed by atoms with Crippen LogP contribution in [-0.4, -0.2) is 11.7 Å². The minimum Gasteiger partial charge on any atom is -0.369 e. The number of nitrogens with two attached hydrogens (primary N) is 1. The predicted molar refractivity (Wildman–Crippen MR) is 53.4 cm³/mol. The van der Waals surface area contributed by atoms with Gasteiger partial charge in [-0.05, 0) is 11.4 Å². The maximum atomic E-state index is 10.7. The Kier molecular flexibility index (Phi) is 3.62. The van der Waals surface area contributed by atoms with E-state index in [-0.39, 0.29) is 11.8 Å². The molecule has 0 unspecified atom stereocenters. The number of hydrogen-bond donors (Lipinski definition) is 1. The van der Waals surface area contributed by atoms with Gasteiger partial charge in [0.1, 0.15) is 0 Å². The highest BCUT2D eigenvalue weighted by Gasteiger charge is 2.08. The van der Waals surface area contributed by atoms with Crippen LogP contribution in [0.1, 0.15) is 6.92 Å². The Balaban J connectivity index is 2.31. The average Bonchev–Trinajstić information content (AvgIpc) is 2.51. The van der Waals surface area contributed by atoms with Crippen molar-refractivity contribution >= 4 is 29.0 Å². The smallest absolute Gasteiger partial charge is 0.221 e. The van der Waals surface area contributed by atoms with E-state index in [4.69, 9.17) is 5.73 Å². The number of amides is 1. The van der Waals surface area contributed by atoms with Gasteiger partial charge in [-0.3, -0.25) is 4.79 Å². The summed E-state index contributed by atoms with van der Waals surface area (Å²) in [6.07, 6.45) is 0. The molecule has 66 valence electrons. The second-order valence-electron chi connectivity index (χ2n) is 2.55. The summed E-state index contributed by atoms with van der Waals surface area (Å²) in [6, 6.07) is 4.05. The van der Waals surface area contributed by atoms with Gasteiger partial charge >= 0.3 is 0 Å². The van der Waals surface area contributed by atoms with E-state index in [0.717, 1.165) is 5.75 Å². The fourth-order valence-electron chi connectivity index (χ4n) is 0.635. The van der Waals surface area contributed by atoms with Crippen LogP contribution in [0.15, 0.2) is 21.7 Å². The zero-order valence-corrected chi connectivity index (χ0v) is 8.45. The highest BCUT2D eigenvalue weighted by atomic mass is 32.2. The second kappa shape index (κ2) is 4.52. The maximum absolute atomic E-state index is 10.7. The van der Waals surface area contributed by atoms with Crippen LogP contribution in [0, 0.1) is 5.92 Å². The van der Waals surface area contributed by atoms with Crippen LogP contribution in [0.2, 0.25) is 0 Å². The SMILES string of the molecule is C[C@@H](CSc1cccs1)C(N)=O. The van der Waals surface area contributed by atoms with E-state index in [1.807, 2.05) is 24.4 Å². The molecule has 0 saturated heterocycles. The molecule has 2 nitrogen and oxygen atoms in total. The summed E-state index contributed by atoms with van der Waals surface area (Å²) in [6.45, 7) is 1.85. The number of hydrogen-bond acceptors (Lipinski definition) is 3. The van der Waals surface area contributed by atoms with E-state index in [1.54, 1.807) is 23.1 Å². The van der Waals surface area contributed by atoms with Crippen molar-refractivity contribution in [3.63, 3.8) is 0 Å². The van der Waals surface area contributed by atoms with Gasteiger partial charge < -0.3 is 5.73 Å². The van der Waals surface area contributed by atoms with Gasteiger partial charge in [-0.1, -0.05) is 13.0 Å². The van der Waals surface area contributed by atoms with E-state index < -0.39 is 0 Å². The molecule has 1 aromatic heterocycles. The Labute approximate surface area is 80.2 Å². The first-order valence-electron chi connectivity index (χ1n) is 3.66. The van der Waals surface area contributed by atoms with Crippen molar-refractivity contribution in [3.05, 3.63) is 17.5 Å². The molecular formula is C8H11NOS2. The zero-order valence-electron chi connectivity index (χ0n) is 6.82. The van der Waals surface area contributed by atoms with Gasteiger partial charge in [0, 0.05) is 11.7 Å². The summed E-state index contributed by atoms with van der Waals surface area (Å²) in [5, 5.41) is 2.03. The molecule has 0 aromatic carbocycles. The average molecular weight is 201 g/mol. The van der Waals surface area contributed by atoms with Crippen LogP contribution in [-0.2, 0) is 4.79 Å². The van der Waals surface area contributed by atoms with E-state index in [2.05, 4.69) is 0 Å². The Hall–Kier alpha value is -0.480. The molecule has 4 heteroatoms. The Morgan fingerprint density at radius 3 is 3.08 bits per heavy atom. The minimum atomic E-state index is -0.223. The first-order valence-corrected chi connectivity index (χ1v) is 5.52. The van der Waals surface area contributed by atoms with Crippen molar-refractivity contribution in [2.75, 3.05) is 5.75 Å². The molecule has 1 heterocycles. The molecule has 12 heavy (non-hydrogen) atoms. The molecule has 0 spiro atoms. The molecule has 1 atom stereocenters. The summed E-state index contributed by atoms with van der Waals surface area (Å²) in [5.74, 6) is 0.506. The summed E-state index contributed by atoms with van der Waals surface area (Å²) >= 11 is 3.37. The standard InChI is InChI=1S/C8H11NOS2/c1-6(8(9)10)5-12-7-3-2-4-11-7/h2-4,6H,5H2,1H3,(H2,9,10)/t6-/m0/s1. The third-order valence-electron chi connectivity index (χ3n) is 1.46. The molecule has 1 aromatic rings. The zero-order chi connectivity index (χ0) is 8.97. The quantitative estimate of drug-likeness (QED) is 0.757. The van der Waals surface area contributed by atoms with Gasteiger partial charge in [0.25, 0.3) is 0 Å². The van der Waals surface area contributed by atoms with Crippen molar-refractivity contribution in [2.45, 2.75) is 11.1 Å². The lowest BCUT2D eigenvalue weighted by molar-refractivity contribution is -0.120. The molecule has 0 aliphatic rings. The fourth-order valence-corrected chi connectivity index (χ4v) is 2.48. The highest BCUT2D eigenvalue weighted by molar-refractivity contribution is 8.01. The first-order chi connectivity index (χ1) is 5.70. The Bertz CT molecular complexity index is 246. The predicted octanol–water partition coefficient (Wildman–Crippen LogP) is 1.96. The van der Waals surface area contributed by atoms with Gasteiger partial charge in [0.2, 0.25) is 5.91 Å². The van der Waals surface area contributed by atoms with Crippen LogP contribution in [0.4, 0.5) is 0 Å². The van der Waals surface area contributed by atoms with Crippen LogP contribution in [0.25, 0.3) is 0 Å². The van der Waals surface area contributed by atoms with Crippen molar-refractivity contribution < 1.29 is 4.79 Å². The van der Waals surface area contributed by atoms with Crippen molar-refractivity contribution in [1.82, 2.24) is 0 Å².